The summed E-state index contributed by atoms with van der Waals surface area (Å²) in [4.78, 5) is 13.3. The Hall–Kier alpha value is -1.53. The van der Waals surface area contributed by atoms with Gasteiger partial charge in [0.2, 0.25) is 5.91 Å². The summed E-state index contributed by atoms with van der Waals surface area (Å²) in [6, 6.07) is 4.64. The molecule has 6 heteroatoms. The van der Waals surface area contributed by atoms with Crippen LogP contribution in [0.25, 0.3) is 0 Å². The molecule has 3 N–H and O–H groups in total. The molecule has 19 heavy (non-hydrogen) atoms. The number of carbonyl (C=O) groups is 1. The number of likely N-dealkylation sites (N-methyl/N-ethyl adjacent to an activating group) is 2. The molecule has 0 bridgehead atoms. The van der Waals surface area contributed by atoms with E-state index < -0.39 is 5.82 Å². The van der Waals surface area contributed by atoms with Crippen molar-refractivity contribution in [3.05, 3.63) is 35.1 Å². The van der Waals surface area contributed by atoms with Gasteiger partial charge >= 0.3 is 0 Å². The number of amides is 1. The number of benzene rings is 1. The van der Waals surface area contributed by atoms with Crippen molar-refractivity contribution in [2.75, 3.05) is 20.1 Å². The van der Waals surface area contributed by atoms with Crippen LogP contribution in [0.3, 0.4) is 0 Å². The van der Waals surface area contributed by atoms with Crippen LogP contribution in [0.15, 0.2) is 18.2 Å². The van der Waals surface area contributed by atoms with Gasteiger partial charge in [0.25, 0.3) is 0 Å². The van der Waals surface area contributed by atoms with Crippen molar-refractivity contribution in [3.63, 3.8) is 0 Å². The van der Waals surface area contributed by atoms with Gasteiger partial charge < -0.3 is 11.1 Å². The van der Waals surface area contributed by atoms with Gasteiger partial charge in [0, 0.05) is 19.2 Å². The second kappa shape index (κ2) is 7.16. The summed E-state index contributed by atoms with van der Waals surface area (Å²) in [7, 11) is 1.60. The van der Waals surface area contributed by atoms with Crippen molar-refractivity contribution in [1.29, 1.82) is 0 Å². The third-order valence-electron chi connectivity index (χ3n) is 2.80. The fourth-order valence-electron chi connectivity index (χ4n) is 1.68. The maximum atomic E-state index is 13.5. The summed E-state index contributed by atoms with van der Waals surface area (Å²) in [5.74, 6) is -0.482. The standard InChI is InChI=1S/C13H18FN3OS/c1-3-17(8-12(18)16-2)7-9-4-5-11(14)10(6-9)13(15)19/h4-6H,3,7-8H2,1-2H3,(H2,15,19)(H,16,18). The minimum atomic E-state index is -0.425. The second-order valence-corrected chi connectivity index (χ2v) is 4.59. The van der Waals surface area contributed by atoms with Crippen LogP contribution < -0.4 is 11.1 Å². The van der Waals surface area contributed by atoms with Crippen LogP contribution >= 0.6 is 12.2 Å². The number of nitrogens with one attached hydrogen (secondary N) is 1. The normalized spacial score (nSPS) is 10.5. The average molecular weight is 283 g/mol. The topological polar surface area (TPSA) is 58.4 Å². The number of thiocarbonyl (C=S) groups is 1. The summed E-state index contributed by atoms with van der Waals surface area (Å²) in [6.45, 7) is 3.51. The van der Waals surface area contributed by atoms with Gasteiger partial charge in [-0.15, -0.1) is 0 Å². The molecule has 0 spiro atoms. The summed E-state index contributed by atoms with van der Waals surface area (Å²) in [5.41, 5.74) is 6.57. The fraction of sp³-hybridized carbons (Fsp3) is 0.385. The Kier molecular flexibility index (Phi) is 5.85. The minimum Gasteiger partial charge on any atom is -0.389 e. The van der Waals surface area contributed by atoms with Crippen LogP contribution in [-0.2, 0) is 11.3 Å². The first-order chi connectivity index (χ1) is 8.97. The molecule has 1 aromatic carbocycles. The molecule has 1 amide bonds. The summed E-state index contributed by atoms with van der Waals surface area (Å²) < 4.78 is 13.5. The van der Waals surface area contributed by atoms with Crippen molar-refractivity contribution >= 4 is 23.1 Å². The van der Waals surface area contributed by atoms with Crippen LogP contribution in [0, 0.1) is 5.82 Å². The van der Waals surface area contributed by atoms with Crippen LogP contribution in [0.1, 0.15) is 18.1 Å². The molecule has 1 aromatic rings. The lowest BCUT2D eigenvalue weighted by Gasteiger charge is -2.19. The van der Waals surface area contributed by atoms with E-state index in [4.69, 9.17) is 18.0 Å². The van der Waals surface area contributed by atoms with Crippen molar-refractivity contribution in [2.45, 2.75) is 13.5 Å². The molecule has 0 heterocycles. The lowest BCUT2D eigenvalue weighted by molar-refractivity contribution is -0.121. The third kappa shape index (κ3) is 4.57. The number of rotatable bonds is 6. The monoisotopic (exact) mass is 283 g/mol. The first kappa shape index (κ1) is 15.5. The highest BCUT2D eigenvalue weighted by molar-refractivity contribution is 7.80. The van der Waals surface area contributed by atoms with Gasteiger partial charge in [-0.05, 0) is 24.2 Å². The Morgan fingerprint density at radius 1 is 1.53 bits per heavy atom. The molecule has 4 nitrogen and oxygen atoms in total. The summed E-state index contributed by atoms with van der Waals surface area (Å²) in [6.07, 6.45) is 0. The van der Waals surface area contributed by atoms with E-state index in [-0.39, 0.29) is 16.5 Å². The molecule has 0 saturated carbocycles. The van der Waals surface area contributed by atoms with E-state index in [1.54, 1.807) is 19.2 Å². The molecule has 0 fully saturated rings. The van der Waals surface area contributed by atoms with E-state index in [0.29, 0.717) is 19.6 Å². The van der Waals surface area contributed by atoms with Gasteiger partial charge in [-0.25, -0.2) is 4.39 Å². The maximum Gasteiger partial charge on any atom is 0.233 e. The van der Waals surface area contributed by atoms with Gasteiger partial charge in [0.15, 0.2) is 0 Å². The van der Waals surface area contributed by atoms with E-state index in [9.17, 15) is 9.18 Å². The van der Waals surface area contributed by atoms with Crippen molar-refractivity contribution in [2.24, 2.45) is 5.73 Å². The van der Waals surface area contributed by atoms with Crippen LogP contribution in [0.2, 0.25) is 0 Å². The van der Waals surface area contributed by atoms with Crippen molar-refractivity contribution in [3.8, 4) is 0 Å². The fourth-order valence-corrected chi connectivity index (χ4v) is 1.84. The quantitative estimate of drug-likeness (QED) is 0.766. The molecule has 0 aliphatic heterocycles. The van der Waals surface area contributed by atoms with Gasteiger partial charge in [0.1, 0.15) is 10.8 Å². The van der Waals surface area contributed by atoms with Crippen LogP contribution in [0.4, 0.5) is 4.39 Å². The summed E-state index contributed by atoms with van der Waals surface area (Å²) >= 11 is 4.80. The predicted octanol–water partition coefficient (Wildman–Crippen LogP) is 1.03. The van der Waals surface area contributed by atoms with E-state index >= 15 is 0 Å². The number of halogens is 1. The lowest BCUT2D eigenvalue weighted by atomic mass is 10.1. The number of hydrogen-bond donors (Lipinski definition) is 2. The molecule has 104 valence electrons. The van der Waals surface area contributed by atoms with Gasteiger partial charge in [0.05, 0.1) is 6.54 Å². The predicted molar refractivity (Wildman–Crippen MR) is 77.3 cm³/mol. The zero-order chi connectivity index (χ0) is 14.4. The maximum absolute atomic E-state index is 13.5. The second-order valence-electron chi connectivity index (χ2n) is 4.15. The molecular weight excluding hydrogens is 265 g/mol. The average Bonchev–Trinajstić information content (AvgIpc) is 2.39. The zero-order valence-electron chi connectivity index (χ0n) is 11.1. The van der Waals surface area contributed by atoms with Crippen LogP contribution in [0.5, 0.6) is 0 Å². The molecule has 0 radical (unpaired) electrons. The Bertz CT molecular complexity index is 479. The van der Waals surface area contributed by atoms with E-state index in [1.807, 2.05) is 11.8 Å². The van der Waals surface area contributed by atoms with Crippen LogP contribution in [-0.4, -0.2) is 35.9 Å². The SMILES string of the molecule is CCN(CC(=O)NC)Cc1ccc(F)c(C(N)=S)c1. The Balaban J connectivity index is 2.83. The molecule has 0 atom stereocenters. The minimum absolute atomic E-state index is 0.0358. The molecular formula is C13H18FN3OS. The highest BCUT2D eigenvalue weighted by atomic mass is 32.1. The molecule has 0 aliphatic rings. The first-order valence-corrected chi connectivity index (χ1v) is 6.40. The largest absolute Gasteiger partial charge is 0.389 e. The van der Waals surface area contributed by atoms with Gasteiger partial charge in [-0.1, -0.05) is 25.2 Å². The molecule has 0 unspecified atom stereocenters. The van der Waals surface area contributed by atoms with E-state index in [0.717, 1.165) is 5.56 Å². The number of nitrogens with zero attached hydrogens (tertiary/aromatic N) is 1. The highest BCUT2D eigenvalue weighted by Crippen LogP contribution is 2.12. The molecule has 0 aliphatic carbocycles. The van der Waals surface area contributed by atoms with Gasteiger partial charge in [-0.3, -0.25) is 9.69 Å². The molecule has 0 aromatic heterocycles. The number of carbonyl (C=O) groups excluding carboxylic acids is 1. The number of nitrogens with two attached hydrogens (primary N) is 1. The zero-order valence-corrected chi connectivity index (χ0v) is 11.9. The van der Waals surface area contributed by atoms with E-state index in [1.165, 1.54) is 6.07 Å². The Morgan fingerprint density at radius 2 is 2.21 bits per heavy atom. The van der Waals surface area contributed by atoms with Crippen molar-refractivity contribution in [1.82, 2.24) is 10.2 Å². The number of hydrogen-bond acceptors (Lipinski definition) is 3. The van der Waals surface area contributed by atoms with Crippen molar-refractivity contribution < 1.29 is 9.18 Å². The first-order valence-electron chi connectivity index (χ1n) is 5.99. The third-order valence-corrected chi connectivity index (χ3v) is 3.02. The molecule has 0 saturated heterocycles. The summed E-state index contributed by atoms with van der Waals surface area (Å²) in [5, 5.41) is 2.57. The Morgan fingerprint density at radius 3 is 2.74 bits per heavy atom. The lowest BCUT2D eigenvalue weighted by Crippen LogP contribution is -2.35. The van der Waals surface area contributed by atoms with Gasteiger partial charge in [-0.2, -0.15) is 0 Å². The smallest absolute Gasteiger partial charge is 0.233 e. The highest BCUT2D eigenvalue weighted by Gasteiger charge is 2.11. The van der Waals surface area contributed by atoms with E-state index in [2.05, 4.69) is 5.32 Å². The molecule has 1 rings (SSSR count). The Labute approximate surface area is 117 Å².